The Kier molecular flexibility index (Phi) is 8.41. The molecule has 1 aromatic heterocycles. The summed E-state index contributed by atoms with van der Waals surface area (Å²) >= 11 is 5.24. The highest BCUT2D eigenvalue weighted by Crippen LogP contribution is 2.41. The van der Waals surface area contributed by atoms with E-state index in [0.717, 1.165) is 51.1 Å². The Hall–Kier alpha value is -2.78. The molecular weight excluding hydrogens is 538 g/mol. The van der Waals surface area contributed by atoms with Gasteiger partial charge in [-0.05, 0) is 69.5 Å². The van der Waals surface area contributed by atoms with Crippen LogP contribution in [-0.2, 0) is 4.79 Å². The first-order chi connectivity index (χ1) is 17.3. The van der Waals surface area contributed by atoms with Crippen molar-refractivity contribution >= 4 is 45.2 Å². The maximum absolute atomic E-state index is 13.9. The molecule has 1 atom stereocenters. The number of halogens is 1. The van der Waals surface area contributed by atoms with Gasteiger partial charge in [0.05, 0.1) is 12.2 Å². The molecule has 0 spiro atoms. The summed E-state index contributed by atoms with van der Waals surface area (Å²) in [6, 6.07) is 11.3. The molecule has 0 aliphatic carbocycles. The number of hydrogen-bond donors (Lipinski definition) is 2. The largest absolute Gasteiger partial charge is 0.494 e. The van der Waals surface area contributed by atoms with Gasteiger partial charge in [-0.25, -0.2) is 4.68 Å². The molecule has 9 heteroatoms. The van der Waals surface area contributed by atoms with E-state index in [9.17, 15) is 4.79 Å². The van der Waals surface area contributed by atoms with E-state index in [-0.39, 0.29) is 5.91 Å². The number of aryl methyl sites for hydroxylation is 1. The van der Waals surface area contributed by atoms with Crippen LogP contribution in [0.15, 0.2) is 57.3 Å². The third kappa shape index (κ3) is 5.47. The van der Waals surface area contributed by atoms with E-state index < -0.39 is 6.04 Å². The zero-order chi connectivity index (χ0) is 25.8. The van der Waals surface area contributed by atoms with Gasteiger partial charge in [-0.15, -0.1) is 5.10 Å². The number of nitrogens with one attached hydrogen (secondary N) is 2. The predicted octanol–water partition coefficient (Wildman–Crippen LogP) is 6.88. The number of aromatic nitrogens is 3. The molecular formula is C27H32BrN5O2S. The van der Waals surface area contributed by atoms with E-state index in [4.69, 9.17) is 14.8 Å². The Labute approximate surface area is 225 Å². The van der Waals surface area contributed by atoms with Crippen LogP contribution in [0.5, 0.6) is 5.75 Å². The number of hydrogen-bond acceptors (Lipinski definition) is 6. The van der Waals surface area contributed by atoms with Crippen LogP contribution in [0.3, 0.4) is 0 Å². The Morgan fingerprint density at radius 1 is 1.22 bits per heavy atom. The number of unbranched alkanes of at least 4 members (excludes halogenated alkanes) is 1. The van der Waals surface area contributed by atoms with E-state index >= 15 is 0 Å². The number of benzene rings is 2. The average Bonchev–Trinajstić information content (AvgIpc) is 3.24. The van der Waals surface area contributed by atoms with Gasteiger partial charge in [0.15, 0.2) is 0 Å². The van der Waals surface area contributed by atoms with E-state index in [1.165, 1.54) is 0 Å². The van der Waals surface area contributed by atoms with Gasteiger partial charge in [0.1, 0.15) is 11.8 Å². The second kappa shape index (κ2) is 11.5. The number of thioether (sulfide) groups is 1. The average molecular weight is 571 g/mol. The molecule has 190 valence electrons. The maximum atomic E-state index is 13.9. The highest BCUT2D eigenvalue weighted by molar-refractivity contribution is 9.10. The predicted molar refractivity (Wildman–Crippen MR) is 150 cm³/mol. The fourth-order valence-electron chi connectivity index (χ4n) is 4.18. The summed E-state index contributed by atoms with van der Waals surface area (Å²) in [5.41, 5.74) is 5.09. The highest BCUT2D eigenvalue weighted by atomic mass is 79.9. The van der Waals surface area contributed by atoms with Crippen LogP contribution >= 0.6 is 27.7 Å². The van der Waals surface area contributed by atoms with Crippen LogP contribution in [0.2, 0.25) is 0 Å². The van der Waals surface area contributed by atoms with Crippen molar-refractivity contribution in [1.82, 2.24) is 14.8 Å². The lowest BCUT2D eigenvalue weighted by molar-refractivity contribution is -0.113. The summed E-state index contributed by atoms with van der Waals surface area (Å²) < 4.78 is 8.70. The Balaban J connectivity index is 1.81. The Morgan fingerprint density at radius 3 is 2.78 bits per heavy atom. The van der Waals surface area contributed by atoms with Crippen molar-refractivity contribution in [1.29, 1.82) is 0 Å². The normalized spacial score (nSPS) is 14.9. The summed E-state index contributed by atoms with van der Waals surface area (Å²) in [5, 5.41) is 12.0. The number of carbonyl (C=O) groups excluding carboxylic acids is 1. The van der Waals surface area contributed by atoms with Crippen molar-refractivity contribution in [3.8, 4) is 5.75 Å². The second-order valence-corrected chi connectivity index (χ2v) is 10.7. The van der Waals surface area contributed by atoms with E-state index in [2.05, 4.69) is 33.5 Å². The number of amides is 1. The van der Waals surface area contributed by atoms with Crippen LogP contribution in [0.4, 0.5) is 11.6 Å². The summed E-state index contributed by atoms with van der Waals surface area (Å²) in [4.78, 5) is 18.6. The van der Waals surface area contributed by atoms with Gasteiger partial charge >= 0.3 is 0 Å². The van der Waals surface area contributed by atoms with Crippen LogP contribution in [0.25, 0.3) is 0 Å². The molecule has 1 unspecified atom stereocenters. The van der Waals surface area contributed by atoms with Crippen molar-refractivity contribution in [2.75, 3.05) is 23.0 Å². The minimum Gasteiger partial charge on any atom is -0.494 e. The zero-order valence-electron chi connectivity index (χ0n) is 21.3. The van der Waals surface area contributed by atoms with Crippen molar-refractivity contribution in [3.63, 3.8) is 0 Å². The first-order valence-electron chi connectivity index (χ1n) is 12.2. The second-order valence-electron chi connectivity index (χ2n) is 8.75. The van der Waals surface area contributed by atoms with Gasteiger partial charge in [0, 0.05) is 27.2 Å². The topological polar surface area (TPSA) is 81.1 Å². The Bertz CT molecular complexity index is 1300. The molecule has 1 amide bonds. The third-order valence-corrected chi connectivity index (χ3v) is 7.64. The lowest BCUT2D eigenvalue weighted by Crippen LogP contribution is -2.32. The Morgan fingerprint density at radius 2 is 2.03 bits per heavy atom. The molecule has 1 aliphatic heterocycles. The van der Waals surface area contributed by atoms with E-state index in [1.54, 1.807) is 11.8 Å². The zero-order valence-corrected chi connectivity index (χ0v) is 23.7. The van der Waals surface area contributed by atoms with Gasteiger partial charge in [-0.2, -0.15) is 4.98 Å². The SMILES string of the molecule is CCCCSc1nc2n(n1)C(c1cc(Br)ccc1OCC)C(C(=O)Nc1cccc(C)c1C)=C(C)N2. The molecule has 0 radical (unpaired) electrons. The van der Waals surface area contributed by atoms with Crippen molar-refractivity contribution in [2.24, 2.45) is 0 Å². The molecule has 0 fully saturated rings. The number of anilines is 2. The maximum Gasteiger partial charge on any atom is 0.255 e. The first-order valence-corrected chi connectivity index (χ1v) is 14.0. The number of fused-ring (bicyclic) bond motifs is 1. The third-order valence-electron chi connectivity index (χ3n) is 6.23. The van der Waals surface area contributed by atoms with Crippen molar-refractivity contribution < 1.29 is 9.53 Å². The lowest BCUT2D eigenvalue weighted by Gasteiger charge is -2.30. The van der Waals surface area contributed by atoms with Crippen LogP contribution in [0, 0.1) is 13.8 Å². The highest BCUT2D eigenvalue weighted by Gasteiger charge is 2.36. The quantitative estimate of drug-likeness (QED) is 0.216. The number of carbonyl (C=O) groups is 1. The monoisotopic (exact) mass is 569 g/mol. The first kappa shape index (κ1) is 26.3. The number of rotatable bonds is 9. The molecule has 3 aromatic rings. The molecule has 1 aliphatic rings. The molecule has 2 aromatic carbocycles. The summed E-state index contributed by atoms with van der Waals surface area (Å²) in [6.45, 7) is 10.6. The summed E-state index contributed by atoms with van der Waals surface area (Å²) in [5.74, 6) is 2.07. The fraction of sp³-hybridized carbons (Fsp3) is 0.370. The smallest absolute Gasteiger partial charge is 0.255 e. The molecule has 0 bridgehead atoms. The van der Waals surface area contributed by atoms with Crippen molar-refractivity contribution in [3.05, 3.63) is 68.8 Å². The summed E-state index contributed by atoms with van der Waals surface area (Å²) in [7, 11) is 0. The van der Waals surface area contributed by atoms with Gasteiger partial charge < -0.3 is 15.4 Å². The van der Waals surface area contributed by atoms with Crippen LogP contribution in [0.1, 0.15) is 56.3 Å². The molecule has 7 nitrogen and oxygen atoms in total. The molecule has 36 heavy (non-hydrogen) atoms. The molecule has 4 rings (SSSR count). The van der Waals surface area contributed by atoms with Gasteiger partial charge in [-0.1, -0.05) is 53.2 Å². The number of ether oxygens (including phenoxy) is 1. The van der Waals surface area contributed by atoms with E-state index in [1.807, 2.05) is 68.8 Å². The van der Waals surface area contributed by atoms with Crippen LogP contribution in [-0.4, -0.2) is 33.0 Å². The van der Waals surface area contributed by atoms with E-state index in [0.29, 0.717) is 29.0 Å². The molecule has 0 saturated heterocycles. The molecule has 2 heterocycles. The minimum absolute atomic E-state index is 0.192. The summed E-state index contributed by atoms with van der Waals surface area (Å²) in [6.07, 6.45) is 2.20. The number of allylic oxidation sites excluding steroid dienone is 1. The van der Waals surface area contributed by atoms with Gasteiger partial charge in [-0.3, -0.25) is 4.79 Å². The van der Waals surface area contributed by atoms with Crippen molar-refractivity contribution in [2.45, 2.75) is 58.7 Å². The lowest BCUT2D eigenvalue weighted by atomic mass is 9.94. The molecule has 2 N–H and O–H groups in total. The van der Waals surface area contributed by atoms with Gasteiger partial charge in [0.25, 0.3) is 5.91 Å². The van der Waals surface area contributed by atoms with Gasteiger partial charge in [0.2, 0.25) is 11.1 Å². The number of nitrogens with zero attached hydrogens (tertiary/aromatic N) is 3. The van der Waals surface area contributed by atoms with Crippen LogP contribution < -0.4 is 15.4 Å². The molecule has 0 saturated carbocycles. The standard InChI is InChI=1S/C27H32BrN5O2S/c1-6-8-14-36-27-31-26-29-18(5)23(25(34)30-21-11-9-10-16(3)17(21)4)24(33(26)32-27)20-15-19(28)12-13-22(20)35-7-2/h9-13,15,24H,6-8,14H2,1-5H3,(H,30,34)(H,29,31,32). The minimum atomic E-state index is -0.515. The fourth-order valence-corrected chi connectivity index (χ4v) is 5.47.